The standard InChI is InChI=1S/C17H26N4O/c1-16(2,3)20-21-17(12-8-5-9-13-17)19-15(22)18-14-10-6-4-7-11-14/h4,6-7,10-11H,5,8-9,12-13H2,1-3H3,(H2,18,19,22)/b21-20+. The molecule has 0 atom stereocenters. The largest absolute Gasteiger partial charge is 0.321 e. The Morgan fingerprint density at radius 2 is 1.73 bits per heavy atom. The molecule has 5 nitrogen and oxygen atoms in total. The Hall–Kier alpha value is -1.91. The van der Waals surface area contributed by atoms with Crippen molar-refractivity contribution in [2.75, 3.05) is 5.32 Å². The van der Waals surface area contributed by atoms with Gasteiger partial charge in [-0.25, -0.2) is 4.79 Å². The number of carbonyl (C=O) groups is 1. The molecule has 5 heteroatoms. The number of urea groups is 1. The Labute approximate surface area is 132 Å². The molecule has 22 heavy (non-hydrogen) atoms. The van der Waals surface area contributed by atoms with Gasteiger partial charge in [0.15, 0.2) is 5.66 Å². The number of azo groups is 1. The number of anilines is 1. The number of carbonyl (C=O) groups excluding carboxylic acids is 1. The van der Waals surface area contributed by atoms with Crippen molar-refractivity contribution < 1.29 is 4.79 Å². The molecule has 1 fully saturated rings. The number of nitrogens with one attached hydrogen (secondary N) is 2. The molecule has 1 aromatic carbocycles. The smallest absolute Gasteiger partial charge is 0.312 e. The van der Waals surface area contributed by atoms with Crippen molar-refractivity contribution in [1.82, 2.24) is 5.32 Å². The molecule has 120 valence electrons. The van der Waals surface area contributed by atoms with Crippen molar-refractivity contribution in [3.05, 3.63) is 30.3 Å². The van der Waals surface area contributed by atoms with E-state index in [1.54, 1.807) is 0 Å². The van der Waals surface area contributed by atoms with E-state index in [1.165, 1.54) is 6.42 Å². The third kappa shape index (κ3) is 5.13. The lowest BCUT2D eigenvalue weighted by molar-refractivity contribution is 0.208. The van der Waals surface area contributed by atoms with Crippen LogP contribution in [0.5, 0.6) is 0 Å². The molecule has 0 aliphatic heterocycles. The second-order valence-corrected chi connectivity index (χ2v) is 6.91. The van der Waals surface area contributed by atoms with Crippen molar-refractivity contribution in [1.29, 1.82) is 0 Å². The summed E-state index contributed by atoms with van der Waals surface area (Å²) < 4.78 is 0. The predicted molar refractivity (Wildman–Crippen MR) is 89.0 cm³/mol. The van der Waals surface area contributed by atoms with Gasteiger partial charge in [0.25, 0.3) is 0 Å². The highest BCUT2D eigenvalue weighted by Gasteiger charge is 2.34. The van der Waals surface area contributed by atoms with Crippen LogP contribution in [0.3, 0.4) is 0 Å². The van der Waals surface area contributed by atoms with Gasteiger partial charge in [-0.3, -0.25) is 0 Å². The average molecular weight is 302 g/mol. The van der Waals surface area contributed by atoms with Gasteiger partial charge in [0.05, 0.1) is 5.54 Å². The van der Waals surface area contributed by atoms with E-state index in [0.717, 1.165) is 31.4 Å². The van der Waals surface area contributed by atoms with Crippen LogP contribution in [-0.2, 0) is 0 Å². The zero-order valence-electron chi connectivity index (χ0n) is 13.7. The lowest BCUT2D eigenvalue weighted by atomic mass is 9.89. The van der Waals surface area contributed by atoms with Crippen LogP contribution in [0.25, 0.3) is 0 Å². The Morgan fingerprint density at radius 1 is 1.09 bits per heavy atom. The molecule has 1 aromatic rings. The summed E-state index contributed by atoms with van der Waals surface area (Å²) >= 11 is 0. The van der Waals surface area contributed by atoms with Gasteiger partial charge in [0, 0.05) is 5.69 Å². The lowest BCUT2D eigenvalue weighted by Crippen LogP contribution is -2.50. The van der Waals surface area contributed by atoms with E-state index in [4.69, 9.17) is 0 Å². The molecule has 0 spiro atoms. The van der Waals surface area contributed by atoms with E-state index in [2.05, 4.69) is 20.9 Å². The molecule has 1 aliphatic rings. The van der Waals surface area contributed by atoms with Crippen LogP contribution in [0, 0.1) is 0 Å². The molecule has 0 heterocycles. The van der Waals surface area contributed by atoms with Crippen LogP contribution in [0.4, 0.5) is 10.5 Å². The molecule has 0 saturated heterocycles. The molecule has 2 N–H and O–H groups in total. The van der Waals surface area contributed by atoms with E-state index in [1.807, 2.05) is 51.1 Å². The number of hydrogen-bond acceptors (Lipinski definition) is 3. The molecule has 1 aliphatic carbocycles. The fourth-order valence-electron chi connectivity index (χ4n) is 2.53. The number of para-hydroxylation sites is 1. The maximum absolute atomic E-state index is 12.3. The maximum atomic E-state index is 12.3. The van der Waals surface area contributed by atoms with Crippen LogP contribution < -0.4 is 10.6 Å². The van der Waals surface area contributed by atoms with Crippen LogP contribution in [0.15, 0.2) is 40.6 Å². The van der Waals surface area contributed by atoms with Crippen molar-refractivity contribution in [2.24, 2.45) is 10.2 Å². The van der Waals surface area contributed by atoms with Gasteiger partial charge in [-0.05, 0) is 58.6 Å². The third-order valence-corrected chi connectivity index (χ3v) is 3.60. The summed E-state index contributed by atoms with van der Waals surface area (Å²) in [5, 5.41) is 14.8. The molecular weight excluding hydrogens is 276 g/mol. The summed E-state index contributed by atoms with van der Waals surface area (Å²) in [6, 6.07) is 9.22. The summed E-state index contributed by atoms with van der Waals surface area (Å²) in [5.41, 5.74) is -0.0226. The predicted octanol–water partition coefficient (Wildman–Crippen LogP) is 4.72. The third-order valence-electron chi connectivity index (χ3n) is 3.60. The van der Waals surface area contributed by atoms with E-state index in [0.29, 0.717) is 0 Å². The van der Waals surface area contributed by atoms with E-state index in [9.17, 15) is 4.79 Å². The van der Waals surface area contributed by atoms with E-state index in [-0.39, 0.29) is 11.6 Å². The van der Waals surface area contributed by atoms with Gasteiger partial charge in [0.1, 0.15) is 0 Å². The fraction of sp³-hybridized carbons (Fsp3) is 0.588. The first-order valence-corrected chi connectivity index (χ1v) is 7.97. The molecule has 0 radical (unpaired) electrons. The minimum atomic E-state index is -0.565. The van der Waals surface area contributed by atoms with Gasteiger partial charge in [-0.1, -0.05) is 24.6 Å². The van der Waals surface area contributed by atoms with Crippen molar-refractivity contribution in [2.45, 2.75) is 64.1 Å². The second kappa shape index (κ2) is 6.90. The van der Waals surface area contributed by atoms with Gasteiger partial charge in [-0.15, -0.1) is 0 Å². The quantitative estimate of drug-likeness (QED) is 0.779. The molecular formula is C17H26N4O. The Kier molecular flexibility index (Phi) is 5.16. The Balaban J connectivity index is 2.06. The summed E-state index contributed by atoms with van der Waals surface area (Å²) in [6.07, 6.45) is 5.00. The summed E-state index contributed by atoms with van der Waals surface area (Å²) in [5.74, 6) is 0. The van der Waals surface area contributed by atoms with Gasteiger partial charge in [-0.2, -0.15) is 10.2 Å². The van der Waals surface area contributed by atoms with Crippen LogP contribution in [0.1, 0.15) is 52.9 Å². The molecule has 2 amide bonds. The second-order valence-electron chi connectivity index (χ2n) is 6.91. The number of benzene rings is 1. The lowest BCUT2D eigenvalue weighted by Gasteiger charge is -2.34. The average Bonchev–Trinajstić information content (AvgIpc) is 2.46. The summed E-state index contributed by atoms with van der Waals surface area (Å²) in [4.78, 5) is 12.3. The molecule has 2 rings (SSSR count). The summed E-state index contributed by atoms with van der Waals surface area (Å²) in [6.45, 7) is 6.03. The number of rotatable bonds is 3. The van der Waals surface area contributed by atoms with Gasteiger partial charge < -0.3 is 10.6 Å². The normalized spacial score (nSPS) is 18.1. The Bertz CT molecular complexity index is 513. The van der Waals surface area contributed by atoms with Crippen LogP contribution in [0.2, 0.25) is 0 Å². The van der Waals surface area contributed by atoms with Crippen molar-refractivity contribution in [3.63, 3.8) is 0 Å². The highest BCUT2D eigenvalue weighted by Crippen LogP contribution is 2.30. The zero-order valence-corrected chi connectivity index (χ0v) is 13.7. The minimum absolute atomic E-state index is 0.221. The molecule has 0 aromatic heterocycles. The highest BCUT2D eigenvalue weighted by molar-refractivity contribution is 5.89. The van der Waals surface area contributed by atoms with Crippen LogP contribution >= 0.6 is 0 Å². The molecule has 0 bridgehead atoms. The fourth-order valence-corrected chi connectivity index (χ4v) is 2.53. The van der Waals surface area contributed by atoms with Crippen molar-refractivity contribution >= 4 is 11.7 Å². The number of hydrogen-bond donors (Lipinski definition) is 2. The SMILES string of the molecule is CC(C)(C)/N=N/C1(NC(=O)Nc2ccccc2)CCCCC1. The molecule has 1 saturated carbocycles. The number of amides is 2. The molecule has 0 unspecified atom stereocenters. The topological polar surface area (TPSA) is 65.8 Å². The summed E-state index contributed by atoms with van der Waals surface area (Å²) in [7, 11) is 0. The highest BCUT2D eigenvalue weighted by atomic mass is 16.2. The first-order chi connectivity index (χ1) is 10.4. The first-order valence-electron chi connectivity index (χ1n) is 7.97. The zero-order chi connectivity index (χ0) is 16.1. The van der Waals surface area contributed by atoms with Crippen LogP contribution in [-0.4, -0.2) is 17.2 Å². The van der Waals surface area contributed by atoms with E-state index >= 15 is 0 Å². The first kappa shape index (κ1) is 16.5. The van der Waals surface area contributed by atoms with E-state index < -0.39 is 5.66 Å². The maximum Gasteiger partial charge on any atom is 0.321 e. The van der Waals surface area contributed by atoms with Gasteiger partial charge >= 0.3 is 6.03 Å². The minimum Gasteiger partial charge on any atom is -0.312 e. The van der Waals surface area contributed by atoms with Crippen molar-refractivity contribution in [3.8, 4) is 0 Å². The Morgan fingerprint density at radius 3 is 2.32 bits per heavy atom. The van der Waals surface area contributed by atoms with Gasteiger partial charge in [0.2, 0.25) is 0 Å². The number of nitrogens with zero attached hydrogens (tertiary/aromatic N) is 2. The monoisotopic (exact) mass is 302 g/mol.